The molecule has 0 aromatic heterocycles. The molecule has 1 fully saturated rings. The van der Waals surface area contributed by atoms with Crippen LogP contribution in [0.5, 0.6) is 0 Å². The van der Waals surface area contributed by atoms with Gasteiger partial charge in [0.25, 0.3) is 10.1 Å². The number of likely N-dealkylation sites (N-methyl/N-ethyl adjacent to an activating group) is 1. The number of carbonyl (C=O) groups excluding carboxylic acids is 1. The van der Waals surface area contributed by atoms with Crippen molar-refractivity contribution in [2.45, 2.75) is 131 Å². The molecule has 2 aromatic rings. The molecule has 1 saturated heterocycles. The summed E-state index contributed by atoms with van der Waals surface area (Å²) in [5.74, 6) is -0.0431. The average Bonchev–Trinajstić information content (AvgIpc) is 3.56. The molecule has 0 aliphatic carbocycles. The number of hydrogen-bond acceptors (Lipinski definition) is 13. The summed E-state index contributed by atoms with van der Waals surface area (Å²) in [6.45, 7) is 12.0. The highest BCUT2D eigenvalue weighted by Crippen LogP contribution is 2.48. The van der Waals surface area contributed by atoms with Gasteiger partial charge in [-0.2, -0.15) is 13.0 Å². The van der Waals surface area contributed by atoms with Gasteiger partial charge in [-0.15, -0.1) is 0 Å². The quantitative estimate of drug-likeness (QED) is 0.0481. The predicted octanol–water partition coefficient (Wildman–Crippen LogP) is 3.69. The second kappa shape index (κ2) is 20.3. The maximum atomic E-state index is 12.6. The summed E-state index contributed by atoms with van der Waals surface area (Å²) in [6.07, 6.45) is 7.36. The van der Waals surface area contributed by atoms with Gasteiger partial charge in [0.2, 0.25) is 11.6 Å². The van der Waals surface area contributed by atoms with Crippen LogP contribution in [-0.2, 0) is 45.3 Å². The number of allylic oxidation sites excluding steroid dienone is 6. The number of benzene rings is 2. The molecular weight excluding hydrogens is 843 g/mol. The third-order valence-electron chi connectivity index (χ3n) is 11.9. The number of hydrogen-bond donors (Lipinski definition) is 6. The number of ether oxygens (including phenoxy) is 2. The summed E-state index contributed by atoms with van der Waals surface area (Å²) in [5.41, 5.74) is 3.85. The number of unbranched alkanes of at least 4 members (excludes halogenated alkanes) is 4. The molecule has 5 atom stereocenters. The molecule has 62 heavy (non-hydrogen) atoms. The van der Waals surface area contributed by atoms with Gasteiger partial charge in [-0.05, 0) is 94.8 Å². The Morgan fingerprint density at radius 2 is 1.56 bits per heavy atom. The highest BCUT2D eigenvalue weighted by Gasteiger charge is 2.45. The number of aliphatic hydroxyl groups excluding tert-OH is 4. The number of fused-ring (bicyclic) bond motifs is 2. The Morgan fingerprint density at radius 1 is 0.871 bits per heavy atom. The van der Waals surface area contributed by atoms with Crippen LogP contribution in [0.3, 0.4) is 0 Å². The van der Waals surface area contributed by atoms with Gasteiger partial charge in [-0.3, -0.25) is 9.35 Å². The first kappa shape index (κ1) is 49.2. The fourth-order valence-electron chi connectivity index (χ4n) is 8.39. The van der Waals surface area contributed by atoms with Crippen molar-refractivity contribution in [3.63, 3.8) is 0 Å². The number of aliphatic hydroxyl groups is 4. The van der Waals surface area contributed by atoms with Crippen molar-refractivity contribution in [1.29, 1.82) is 0 Å². The van der Waals surface area contributed by atoms with E-state index in [1.54, 1.807) is 12.1 Å². The molecule has 0 saturated carbocycles. The van der Waals surface area contributed by atoms with E-state index < -0.39 is 61.8 Å². The third-order valence-corrected chi connectivity index (χ3v) is 13.6. The zero-order valence-corrected chi connectivity index (χ0v) is 37.6. The Bertz CT molecular complexity index is 2290. The molecule has 0 spiro atoms. The van der Waals surface area contributed by atoms with Gasteiger partial charge >= 0.3 is 0 Å². The number of anilines is 1. The lowest BCUT2D eigenvalue weighted by atomic mass is 9.81. The van der Waals surface area contributed by atoms with Crippen LogP contribution in [-0.4, -0.2) is 126 Å². The molecule has 18 heteroatoms. The molecular formula is C44H61N3O13S2. The Kier molecular flexibility index (Phi) is 16.1. The van der Waals surface area contributed by atoms with Crippen molar-refractivity contribution < 1.29 is 65.2 Å². The Hall–Kier alpha value is -3.82. The monoisotopic (exact) mass is 903 g/mol. The van der Waals surface area contributed by atoms with Gasteiger partial charge < -0.3 is 44.7 Å². The number of carbonyl (C=O) groups is 1. The summed E-state index contributed by atoms with van der Waals surface area (Å²) in [6, 6.07) is 9.10. The molecule has 0 radical (unpaired) electrons. The van der Waals surface area contributed by atoms with Crippen LogP contribution in [0.25, 0.3) is 0 Å². The SMILES string of the molecule is CCN1/C(=C/C=C/C=C/C2=[N+](CCCCCC(=O)NCCCCCOC[C@H]3OC(O)[C@H](O)[C@@H](O)[C@H]3O)c3ccc(S(=O)(=O)O)cc3C2(C)C)C(C)(C)c2cc(S(=O)(=O)[O-])ccc21. The number of amides is 1. The minimum atomic E-state index is -4.62. The first-order chi connectivity index (χ1) is 29.1. The smallest absolute Gasteiger partial charge is 0.294 e. The fourth-order valence-corrected chi connectivity index (χ4v) is 9.39. The lowest BCUT2D eigenvalue weighted by molar-refractivity contribution is -0.438. The van der Waals surface area contributed by atoms with E-state index in [9.17, 15) is 51.2 Å². The second-order valence-corrected chi connectivity index (χ2v) is 19.7. The van der Waals surface area contributed by atoms with E-state index in [0.717, 1.165) is 59.6 Å². The molecule has 3 aliphatic rings. The topological polar surface area (TPSA) is 246 Å². The number of rotatable bonds is 20. The first-order valence-corrected chi connectivity index (χ1v) is 23.9. The van der Waals surface area contributed by atoms with E-state index in [4.69, 9.17) is 9.47 Å². The van der Waals surface area contributed by atoms with Crippen molar-refractivity contribution >= 4 is 43.2 Å². The average molecular weight is 904 g/mol. The minimum Gasteiger partial charge on any atom is -0.744 e. The van der Waals surface area contributed by atoms with Crippen LogP contribution in [0.2, 0.25) is 0 Å². The summed E-state index contributed by atoms with van der Waals surface area (Å²) in [4.78, 5) is 14.2. The lowest BCUT2D eigenvalue weighted by Crippen LogP contribution is -2.58. The summed E-state index contributed by atoms with van der Waals surface area (Å²) >= 11 is 0. The highest BCUT2D eigenvalue weighted by atomic mass is 32.2. The van der Waals surface area contributed by atoms with E-state index >= 15 is 0 Å². The first-order valence-electron chi connectivity index (χ1n) is 21.0. The van der Waals surface area contributed by atoms with E-state index in [0.29, 0.717) is 45.5 Å². The summed E-state index contributed by atoms with van der Waals surface area (Å²) in [5, 5.41) is 41.9. The molecule has 342 valence electrons. The molecule has 3 heterocycles. The zero-order chi connectivity index (χ0) is 45.6. The molecule has 6 N–H and O–H groups in total. The third kappa shape index (κ3) is 11.3. The predicted molar refractivity (Wildman–Crippen MR) is 231 cm³/mol. The number of nitrogens with zero attached hydrogens (tertiary/aromatic N) is 2. The largest absolute Gasteiger partial charge is 0.744 e. The summed E-state index contributed by atoms with van der Waals surface area (Å²) in [7, 11) is -9.05. The van der Waals surface area contributed by atoms with Crippen LogP contribution < -0.4 is 10.2 Å². The Balaban J connectivity index is 1.14. The van der Waals surface area contributed by atoms with Gasteiger partial charge in [0, 0.05) is 67.0 Å². The molecule has 3 aliphatic heterocycles. The van der Waals surface area contributed by atoms with Gasteiger partial charge in [0.15, 0.2) is 12.0 Å². The van der Waals surface area contributed by atoms with Crippen LogP contribution in [0.1, 0.15) is 90.7 Å². The van der Waals surface area contributed by atoms with E-state index in [-0.39, 0.29) is 22.3 Å². The van der Waals surface area contributed by atoms with Crippen molar-refractivity contribution in [1.82, 2.24) is 5.32 Å². The molecule has 5 rings (SSSR count). The van der Waals surface area contributed by atoms with Crippen molar-refractivity contribution in [3.8, 4) is 0 Å². The maximum absolute atomic E-state index is 12.6. The lowest BCUT2D eigenvalue weighted by Gasteiger charge is -2.38. The van der Waals surface area contributed by atoms with Crippen LogP contribution in [0.4, 0.5) is 11.4 Å². The molecule has 1 unspecified atom stereocenters. The van der Waals surface area contributed by atoms with Crippen molar-refractivity contribution in [2.75, 3.05) is 37.7 Å². The zero-order valence-electron chi connectivity index (χ0n) is 35.9. The minimum absolute atomic E-state index is 0.0431. The van der Waals surface area contributed by atoms with Crippen LogP contribution in [0.15, 0.2) is 82.3 Å². The maximum Gasteiger partial charge on any atom is 0.294 e. The van der Waals surface area contributed by atoms with Crippen molar-refractivity contribution in [3.05, 3.63) is 83.6 Å². The normalized spacial score (nSPS) is 24.1. The van der Waals surface area contributed by atoms with Crippen LogP contribution >= 0.6 is 0 Å². The molecule has 0 bridgehead atoms. The Labute approximate surface area is 364 Å². The molecule has 2 aromatic carbocycles. The van der Waals surface area contributed by atoms with Gasteiger partial charge in [-0.25, -0.2) is 8.42 Å². The Morgan fingerprint density at radius 3 is 2.26 bits per heavy atom. The van der Waals surface area contributed by atoms with E-state index in [2.05, 4.69) is 14.8 Å². The second-order valence-electron chi connectivity index (χ2n) is 16.9. The summed E-state index contributed by atoms with van der Waals surface area (Å²) < 4.78 is 82.1. The van der Waals surface area contributed by atoms with Gasteiger partial charge in [0.05, 0.1) is 21.8 Å². The highest BCUT2D eigenvalue weighted by molar-refractivity contribution is 7.86. The van der Waals surface area contributed by atoms with E-state index in [1.807, 2.05) is 65.0 Å². The van der Waals surface area contributed by atoms with Gasteiger partial charge in [0.1, 0.15) is 41.1 Å². The molecule has 16 nitrogen and oxygen atoms in total. The standard InChI is InChI=1S/C44H61N3O13S2/c1-6-46-33-21-19-29(61(53,54)55)26-31(33)43(2,3)36(46)16-10-7-11-17-37-44(4,5)32-27-30(62(56,57)58)20-22-34(32)47(37)24-14-8-12-18-38(48)45-23-13-9-15-25-59-28-35-39(49)40(50)41(51)42(52)60-35/h7,10-11,16-17,19-22,26-27,35,39-42,49-52H,6,8-9,12-15,18,23-25,28H2,1-5H3,(H2-,45,48,53,54,55,56,57,58)/t35-,39+,40+,41-,42?/m1/s1. The van der Waals surface area contributed by atoms with Crippen LogP contribution in [0, 0.1) is 0 Å². The van der Waals surface area contributed by atoms with E-state index in [1.165, 1.54) is 24.3 Å². The molecule has 1 amide bonds. The number of nitrogens with one attached hydrogen (secondary N) is 1. The van der Waals surface area contributed by atoms with Crippen molar-refractivity contribution in [2.24, 2.45) is 0 Å². The fraction of sp³-hybridized carbons (Fsp3) is 0.545. The van der Waals surface area contributed by atoms with Gasteiger partial charge in [-0.1, -0.05) is 32.1 Å².